The number of nitro groups is 1. The highest BCUT2D eigenvalue weighted by atomic mass is 16.6. The second kappa shape index (κ2) is 10.3. The van der Waals surface area contributed by atoms with Gasteiger partial charge in [0.1, 0.15) is 6.04 Å². The first-order valence-corrected chi connectivity index (χ1v) is 9.44. The Hall–Kier alpha value is -3.75. The highest BCUT2D eigenvalue weighted by Gasteiger charge is 2.34. The molecule has 2 atom stereocenters. The average Bonchev–Trinajstić information content (AvgIpc) is 2.74. The van der Waals surface area contributed by atoms with Crippen LogP contribution in [0.3, 0.4) is 0 Å². The molecule has 0 unspecified atom stereocenters. The highest BCUT2D eigenvalue weighted by molar-refractivity contribution is 5.97. The van der Waals surface area contributed by atoms with Crippen molar-refractivity contribution in [2.75, 3.05) is 14.2 Å². The highest BCUT2D eigenvalue weighted by Crippen LogP contribution is 2.27. The molecule has 0 aliphatic heterocycles. The molecule has 2 rings (SSSR count). The predicted molar refractivity (Wildman–Crippen MR) is 112 cm³/mol. The number of esters is 2. The zero-order valence-corrected chi connectivity index (χ0v) is 17.7. The van der Waals surface area contributed by atoms with Gasteiger partial charge < -0.3 is 14.8 Å². The van der Waals surface area contributed by atoms with Crippen LogP contribution in [0.1, 0.15) is 39.4 Å². The molecule has 164 valence electrons. The summed E-state index contributed by atoms with van der Waals surface area (Å²) in [4.78, 5) is 47.9. The largest absolute Gasteiger partial charge is 0.469 e. The number of amides is 1. The summed E-state index contributed by atoms with van der Waals surface area (Å²) >= 11 is 0. The average molecular weight is 428 g/mol. The Balaban J connectivity index is 2.44. The van der Waals surface area contributed by atoms with Crippen LogP contribution in [0.4, 0.5) is 5.69 Å². The Morgan fingerprint density at radius 1 is 1.00 bits per heavy atom. The van der Waals surface area contributed by atoms with Gasteiger partial charge in [0.05, 0.1) is 25.6 Å². The summed E-state index contributed by atoms with van der Waals surface area (Å²) in [6, 6.07) is 9.44. The summed E-state index contributed by atoms with van der Waals surface area (Å²) in [5.41, 5.74) is 2.40. The third-order valence-electron chi connectivity index (χ3n) is 4.77. The van der Waals surface area contributed by atoms with Gasteiger partial charge in [0.25, 0.3) is 11.6 Å². The summed E-state index contributed by atoms with van der Waals surface area (Å²) in [6.45, 7) is 3.69. The number of benzene rings is 2. The molecule has 0 radical (unpaired) electrons. The van der Waals surface area contributed by atoms with Crippen LogP contribution in [-0.4, -0.2) is 43.0 Å². The second-order valence-electron chi connectivity index (χ2n) is 7.09. The van der Waals surface area contributed by atoms with Gasteiger partial charge in [0, 0.05) is 23.6 Å². The molecule has 0 saturated carbocycles. The monoisotopic (exact) mass is 428 g/mol. The van der Waals surface area contributed by atoms with Crippen LogP contribution >= 0.6 is 0 Å². The molecule has 2 aromatic carbocycles. The minimum Gasteiger partial charge on any atom is -0.469 e. The van der Waals surface area contributed by atoms with Gasteiger partial charge in [0.2, 0.25) is 0 Å². The fraction of sp³-hybridized carbons (Fsp3) is 0.318. The lowest BCUT2D eigenvalue weighted by Crippen LogP contribution is -2.46. The Morgan fingerprint density at radius 2 is 1.58 bits per heavy atom. The Morgan fingerprint density at radius 3 is 2.06 bits per heavy atom. The number of nitrogens with zero attached hydrogens (tertiary/aromatic N) is 1. The number of ether oxygens (including phenoxy) is 2. The third-order valence-corrected chi connectivity index (χ3v) is 4.77. The van der Waals surface area contributed by atoms with Crippen molar-refractivity contribution in [1.82, 2.24) is 5.32 Å². The molecule has 9 nitrogen and oxygen atoms in total. The summed E-state index contributed by atoms with van der Waals surface area (Å²) < 4.78 is 9.60. The number of methoxy groups -OCH3 is 2. The molecule has 0 spiro atoms. The fourth-order valence-corrected chi connectivity index (χ4v) is 3.32. The van der Waals surface area contributed by atoms with E-state index in [9.17, 15) is 24.5 Å². The van der Waals surface area contributed by atoms with Crippen LogP contribution in [0.2, 0.25) is 0 Å². The lowest BCUT2D eigenvalue weighted by molar-refractivity contribution is -0.384. The first-order valence-electron chi connectivity index (χ1n) is 9.44. The van der Waals surface area contributed by atoms with Gasteiger partial charge in [-0.1, -0.05) is 29.3 Å². The maximum atomic E-state index is 12.9. The van der Waals surface area contributed by atoms with E-state index in [1.165, 1.54) is 38.5 Å². The first-order chi connectivity index (χ1) is 14.7. The van der Waals surface area contributed by atoms with E-state index < -0.39 is 34.7 Å². The molecule has 31 heavy (non-hydrogen) atoms. The van der Waals surface area contributed by atoms with Crippen LogP contribution in [-0.2, 0) is 19.1 Å². The summed E-state index contributed by atoms with van der Waals surface area (Å²) in [7, 11) is 2.37. The zero-order chi connectivity index (χ0) is 23.1. The van der Waals surface area contributed by atoms with E-state index >= 15 is 0 Å². The van der Waals surface area contributed by atoms with E-state index in [4.69, 9.17) is 9.47 Å². The van der Waals surface area contributed by atoms with Crippen molar-refractivity contribution in [1.29, 1.82) is 0 Å². The lowest BCUT2D eigenvalue weighted by atomic mass is 9.88. The normalized spacial score (nSPS) is 12.4. The number of carbonyl (C=O) groups is 3. The minimum atomic E-state index is -1.22. The first kappa shape index (κ1) is 23.5. The summed E-state index contributed by atoms with van der Waals surface area (Å²) in [5, 5.41) is 13.6. The molecule has 0 fully saturated rings. The van der Waals surface area contributed by atoms with Crippen LogP contribution in [0.15, 0.2) is 42.5 Å². The number of carbonyl (C=O) groups excluding carboxylic acids is 3. The number of rotatable bonds is 8. The standard InChI is InChI=1S/C22H24N2O7/c1-13-9-14(2)11-16(10-13)21(26)23-20(22(27)31-4)18(12-19(25)30-3)15-5-7-17(8-6-15)24(28)29/h5-11,18,20H,12H2,1-4H3,(H,23,26)/t18-,20+/m1/s1. The van der Waals surface area contributed by atoms with Crippen LogP contribution < -0.4 is 5.32 Å². The zero-order valence-electron chi connectivity index (χ0n) is 17.7. The Kier molecular flexibility index (Phi) is 7.84. The minimum absolute atomic E-state index is 0.144. The number of non-ortho nitro benzene ring substituents is 1. The molecule has 0 aliphatic carbocycles. The van der Waals surface area contributed by atoms with Gasteiger partial charge >= 0.3 is 11.9 Å². The molecule has 2 aromatic rings. The van der Waals surface area contributed by atoms with Crippen molar-refractivity contribution in [2.45, 2.75) is 32.2 Å². The van der Waals surface area contributed by atoms with Crippen LogP contribution in [0, 0.1) is 24.0 Å². The van der Waals surface area contributed by atoms with E-state index in [0.717, 1.165) is 11.1 Å². The fourth-order valence-electron chi connectivity index (χ4n) is 3.32. The molecular weight excluding hydrogens is 404 g/mol. The van der Waals surface area contributed by atoms with E-state index in [0.29, 0.717) is 11.1 Å². The van der Waals surface area contributed by atoms with Crippen molar-refractivity contribution < 1.29 is 28.8 Å². The van der Waals surface area contributed by atoms with Crippen LogP contribution in [0.25, 0.3) is 0 Å². The van der Waals surface area contributed by atoms with E-state index in [2.05, 4.69) is 5.32 Å². The van der Waals surface area contributed by atoms with Crippen molar-refractivity contribution >= 4 is 23.5 Å². The summed E-state index contributed by atoms with van der Waals surface area (Å²) in [5.74, 6) is -2.75. The molecule has 1 N–H and O–H groups in total. The number of nitro benzene ring substituents is 1. The Bertz CT molecular complexity index is 966. The van der Waals surface area contributed by atoms with E-state index in [1.54, 1.807) is 12.1 Å². The van der Waals surface area contributed by atoms with Crippen molar-refractivity contribution in [3.8, 4) is 0 Å². The lowest BCUT2D eigenvalue weighted by Gasteiger charge is -2.26. The van der Waals surface area contributed by atoms with Crippen LogP contribution in [0.5, 0.6) is 0 Å². The van der Waals surface area contributed by atoms with E-state index in [1.807, 2.05) is 19.9 Å². The van der Waals surface area contributed by atoms with Gasteiger partial charge in [-0.15, -0.1) is 0 Å². The molecule has 0 bridgehead atoms. The van der Waals surface area contributed by atoms with Crippen molar-refractivity contribution in [3.63, 3.8) is 0 Å². The molecule has 0 saturated heterocycles. The Labute approximate surface area is 179 Å². The molecule has 9 heteroatoms. The smallest absolute Gasteiger partial charge is 0.329 e. The van der Waals surface area contributed by atoms with Gasteiger partial charge in [0.15, 0.2) is 0 Å². The molecule has 1 amide bonds. The number of aryl methyl sites for hydroxylation is 2. The second-order valence-corrected chi connectivity index (χ2v) is 7.09. The van der Waals surface area contributed by atoms with Gasteiger partial charge in [-0.05, 0) is 31.5 Å². The van der Waals surface area contributed by atoms with Gasteiger partial charge in [-0.3, -0.25) is 19.7 Å². The molecule has 0 heterocycles. The maximum absolute atomic E-state index is 12.9. The van der Waals surface area contributed by atoms with E-state index in [-0.39, 0.29) is 12.1 Å². The van der Waals surface area contributed by atoms with Crippen molar-refractivity contribution in [2.24, 2.45) is 0 Å². The quantitative estimate of drug-likeness (QED) is 0.389. The van der Waals surface area contributed by atoms with Gasteiger partial charge in [-0.2, -0.15) is 0 Å². The topological polar surface area (TPSA) is 125 Å². The number of nitrogens with one attached hydrogen (secondary N) is 1. The SMILES string of the molecule is COC(=O)C[C@H](c1ccc([N+](=O)[O-])cc1)[C@H](NC(=O)c1cc(C)cc(C)c1)C(=O)OC. The van der Waals surface area contributed by atoms with Crippen molar-refractivity contribution in [3.05, 3.63) is 74.8 Å². The third kappa shape index (κ3) is 6.11. The maximum Gasteiger partial charge on any atom is 0.329 e. The molecular formula is C22H24N2O7. The number of hydrogen-bond acceptors (Lipinski definition) is 7. The molecule has 0 aliphatic rings. The predicted octanol–water partition coefficient (Wildman–Crippen LogP) is 2.83. The van der Waals surface area contributed by atoms with Gasteiger partial charge in [-0.25, -0.2) is 4.79 Å². The summed E-state index contributed by atoms with van der Waals surface area (Å²) in [6.07, 6.45) is -0.249. The number of hydrogen-bond donors (Lipinski definition) is 1. The molecule has 0 aromatic heterocycles.